The van der Waals surface area contributed by atoms with Crippen molar-refractivity contribution in [1.82, 2.24) is 0 Å². The van der Waals surface area contributed by atoms with Gasteiger partial charge in [-0.1, -0.05) is 0 Å². The number of halogens is 4. The van der Waals surface area contributed by atoms with Crippen molar-refractivity contribution in [3.8, 4) is 0 Å². The molecule has 0 N–H and O–H groups in total. The smallest absolute Gasteiger partial charge is 0.284 e. The summed E-state index contributed by atoms with van der Waals surface area (Å²) in [5.74, 6) is -2.59. The summed E-state index contributed by atoms with van der Waals surface area (Å²) in [5.41, 5.74) is -0.531. The summed E-state index contributed by atoms with van der Waals surface area (Å²) in [5, 5.41) is 0. The van der Waals surface area contributed by atoms with Crippen LogP contribution in [0.25, 0.3) is 0 Å². The highest BCUT2D eigenvalue weighted by molar-refractivity contribution is 6.00. The maximum Gasteiger partial charge on any atom is 0.454 e. The van der Waals surface area contributed by atoms with Crippen LogP contribution in [0.1, 0.15) is 15.9 Å². The van der Waals surface area contributed by atoms with Crippen LogP contribution in [0.3, 0.4) is 0 Å². The van der Waals surface area contributed by atoms with Crippen molar-refractivity contribution in [3.05, 3.63) is 35.1 Å². The number of aryl methyl sites for hydroxylation is 1. The molecule has 1 nitrogen and oxygen atoms in total. The number of alkyl halides is 3. The van der Waals surface area contributed by atoms with Crippen molar-refractivity contribution < 1.29 is 22.4 Å². The predicted molar refractivity (Wildman–Crippen MR) is 41.5 cm³/mol. The van der Waals surface area contributed by atoms with E-state index in [9.17, 15) is 22.4 Å². The summed E-state index contributed by atoms with van der Waals surface area (Å²) in [4.78, 5) is 10.7. The van der Waals surface area contributed by atoms with E-state index >= 15 is 0 Å². The second-order valence-electron chi connectivity index (χ2n) is 2.79. The summed E-state index contributed by atoms with van der Waals surface area (Å²) < 4.78 is 48.4. The van der Waals surface area contributed by atoms with Gasteiger partial charge in [0.15, 0.2) is 0 Å². The van der Waals surface area contributed by atoms with E-state index in [1.54, 1.807) is 0 Å². The quantitative estimate of drug-likeness (QED) is 0.510. The first-order valence-corrected chi connectivity index (χ1v) is 3.70. The number of hydrogen-bond donors (Lipinski definition) is 0. The number of benzene rings is 1. The van der Waals surface area contributed by atoms with Crippen LogP contribution in [-0.4, -0.2) is 12.0 Å². The van der Waals surface area contributed by atoms with Gasteiger partial charge in [-0.05, 0) is 30.7 Å². The van der Waals surface area contributed by atoms with Gasteiger partial charge < -0.3 is 0 Å². The van der Waals surface area contributed by atoms with Crippen molar-refractivity contribution in [2.24, 2.45) is 0 Å². The van der Waals surface area contributed by atoms with Gasteiger partial charge in [-0.2, -0.15) is 13.2 Å². The molecule has 0 amide bonds. The molecule has 14 heavy (non-hydrogen) atoms. The Morgan fingerprint density at radius 3 is 2.29 bits per heavy atom. The van der Waals surface area contributed by atoms with Crippen molar-refractivity contribution in [2.45, 2.75) is 13.1 Å². The van der Waals surface area contributed by atoms with Crippen molar-refractivity contribution in [1.29, 1.82) is 0 Å². The fourth-order valence-electron chi connectivity index (χ4n) is 0.950. The normalized spacial score (nSPS) is 11.5. The van der Waals surface area contributed by atoms with Crippen LogP contribution in [0.5, 0.6) is 0 Å². The van der Waals surface area contributed by atoms with E-state index in [2.05, 4.69) is 0 Å². The zero-order chi connectivity index (χ0) is 10.9. The number of carbonyl (C=O) groups is 1. The topological polar surface area (TPSA) is 17.1 Å². The molecule has 0 saturated heterocycles. The fourth-order valence-corrected chi connectivity index (χ4v) is 0.950. The lowest BCUT2D eigenvalue weighted by Gasteiger charge is -2.05. The van der Waals surface area contributed by atoms with Crippen LogP contribution in [0.15, 0.2) is 18.2 Å². The van der Waals surface area contributed by atoms with Gasteiger partial charge in [-0.3, -0.25) is 4.79 Å². The SMILES string of the molecule is Cc1cc(C(=O)C(F)(F)F)ccc1F. The van der Waals surface area contributed by atoms with Crippen LogP contribution < -0.4 is 0 Å². The molecule has 0 saturated carbocycles. The average Bonchev–Trinajstić information content (AvgIpc) is 2.07. The van der Waals surface area contributed by atoms with E-state index in [1.165, 1.54) is 6.92 Å². The predicted octanol–water partition coefficient (Wildman–Crippen LogP) is 2.88. The molecule has 0 unspecified atom stereocenters. The van der Waals surface area contributed by atoms with Crippen LogP contribution in [-0.2, 0) is 0 Å². The van der Waals surface area contributed by atoms with Crippen LogP contribution in [0.2, 0.25) is 0 Å². The highest BCUT2D eigenvalue weighted by Gasteiger charge is 2.39. The molecule has 0 aromatic heterocycles. The standard InChI is InChI=1S/C9H6F4O/c1-5-4-6(2-3-7(5)10)8(14)9(11,12)13/h2-4H,1H3. The largest absolute Gasteiger partial charge is 0.454 e. The highest BCUT2D eigenvalue weighted by Crippen LogP contribution is 2.22. The Bertz CT molecular complexity index is 368. The van der Waals surface area contributed by atoms with Gasteiger partial charge in [-0.15, -0.1) is 0 Å². The van der Waals surface area contributed by atoms with E-state index < -0.39 is 23.3 Å². The molecular formula is C9H6F4O. The first-order chi connectivity index (χ1) is 6.32. The van der Waals surface area contributed by atoms with Gasteiger partial charge in [0.25, 0.3) is 5.78 Å². The summed E-state index contributed by atoms with van der Waals surface area (Å²) in [6.45, 7) is 1.29. The molecule has 0 aliphatic heterocycles. The molecule has 0 spiro atoms. The maximum absolute atomic E-state index is 12.7. The summed E-state index contributed by atoms with van der Waals surface area (Å²) >= 11 is 0. The van der Waals surface area contributed by atoms with Crippen molar-refractivity contribution >= 4 is 5.78 Å². The second-order valence-corrected chi connectivity index (χ2v) is 2.79. The molecule has 1 rings (SSSR count). The van der Waals surface area contributed by atoms with Crippen molar-refractivity contribution in [3.63, 3.8) is 0 Å². The van der Waals surface area contributed by atoms with E-state index in [0.29, 0.717) is 0 Å². The Morgan fingerprint density at radius 1 is 1.29 bits per heavy atom. The van der Waals surface area contributed by atoms with Crippen LogP contribution in [0.4, 0.5) is 17.6 Å². The molecule has 0 fully saturated rings. The minimum Gasteiger partial charge on any atom is -0.284 e. The number of rotatable bonds is 1. The van der Waals surface area contributed by atoms with Crippen LogP contribution in [0, 0.1) is 12.7 Å². The summed E-state index contributed by atoms with van der Waals surface area (Å²) in [6.07, 6.45) is -4.91. The first kappa shape index (κ1) is 10.7. The summed E-state index contributed by atoms with van der Waals surface area (Å²) in [7, 11) is 0. The lowest BCUT2D eigenvalue weighted by molar-refractivity contribution is -0.0885. The van der Waals surface area contributed by atoms with Gasteiger partial charge >= 0.3 is 6.18 Å². The number of hydrogen-bond acceptors (Lipinski definition) is 1. The van der Waals surface area contributed by atoms with Crippen molar-refractivity contribution in [2.75, 3.05) is 0 Å². The molecule has 0 heterocycles. The van der Waals surface area contributed by atoms with Crippen LogP contribution >= 0.6 is 0 Å². The molecule has 1 aromatic rings. The molecule has 0 radical (unpaired) electrons. The summed E-state index contributed by atoms with van der Waals surface area (Å²) in [6, 6.07) is 2.54. The minimum atomic E-state index is -4.91. The second kappa shape index (κ2) is 3.40. The molecule has 76 valence electrons. The Balaban J connectivity index is 3.10. The molecule has 0 aliphatic carbocycles. The molecule has 1 aromatic carbocycles. The van der Waals surface area contributed by atoms with Gasteiger partial charge in [0.1, 0.15) is 5.82 Å². The van der Waals surface area contributed by atoms with E-state index in [1.807, 2.05) is 0 Å². The molecular weight excluding hydrogens is 200 g/mol. The molecule has 0 aliphatic rings. The number of carbonyl (C=O) groups excluding carboxylic acids is 1. The van der Waals surface area contributed by atoms with Gasteiger partial charge in [0.2, 0.25) is 0 Å². The molecule has 0 atom stereocenters. The zero-order valence-corrected chi connectivity index (χ0v) is 7.15. The lowest BCUT2D eigenvalue weighted by atomic mass is 10.1. The van der Waals surface area contributed by atoms with Gasteiger partial charge in [0, 0.05) is 5.56 Å². The van der Waals surface area contributed by atoms with E-state index in [4.69, 9.17) is 0 Å². The monoisotopic (exact) mass is 206 g/mol. The molecule has 0 bridgehead atoms. The Kier molecular flexibility index (Phi) is 2.59. The van der Waals surface area contributed by atoms with Gasteiger partial charge in [-0.25, -0.2) is 4.39 Å². The molecule has 5 heteroatoms. The first-order valence-electron chi connectivity index (χ1n) is 3.70. The van der Waals surface area contributed by atoms with E-state index in [0.717, 1.165) is 18.2 Å². The fraction of sp³-hybridized carbons (Fsp3) is 0.222. The zero-order valence-electron chi connectivity index (χ0n) is 7.15. The van der Waals surface area contributed by atoms with E-state index in [-0.39, 0.29) is 5.56 Å². The Labute approximate surface area is 77.3 Å². The lowest BCUT2D eigenvalue weighted by Crippen LogP contribution is -2.22. The maximum atomic E-state index is 12.7. The average molecular weight is 206 g/mol. The number of Topliss-reactive ketones (excluding diaryl/α,β-unsaturated/α-hetero) is 1. The minimum absolute atomic E-state index is 0.0140. The Morgan fingerprint density at radius 2 is 1.86 bits per heavy atom. The number of ketones is 1. The third kappa shape index (κ3) is 2.10. The highest BCUT2D eigenvalue weighted by atomic mass is 19.4. The van der Waals surface area contributed by atoms with Gasteiger partial charge in [0.05, 0.1) is 0 Å². The Hall–Kier alpha value is -1.39. The third-order valence-electron chi connectivity index (χ3n) is 1.68. The third-order valence-corrected chi connectivity index (χ3v) is 1.68.